The maximum Gasteiger partial charge on any atom is 0.235 e. The van der Waals surface area contributed by atoms with Crippen LogP contribution >= 0.6 is 23.1 Å². The van der Waals surface area contributed by atoms with Crippen LogP contribution in [0.15, 0.2) is 77.1 Å². The molecule has 5 rings (SSSR count). The van der Waals surface area contributed by atoms with Crippen LogP contribution in [0.25, 0.3) is 21.3 Å². The van der Waals surface area contributed by atoms with Gasteiger partial charge in [-0.05, 0) is 53.6 Å². The van der Waals surface area contributed by atoms with E-state index in [2.05, 4.69) is 79.0 Å². The normalized spacial score (nSPS) is 13.6. The Morgan fingerprint density at radius 3 is 2.29 bits per heavy atom. The average Bonchev–Trinajstić information content (AvgIpc) is 3.42. The van der Waals surface area contributed by atoms with Gasteiger partial charge in [0.15, 0.2) is 4.34 Å². The van der Waals surface area contributed by atoms with E-state index in [0.29, 0.717) is 6.54 Å². The van der Waals surface area contributed by atoms with E-state index in [0.717, 1.165) is 58.8 Å². The van der Waals surface area contributed by atoms with Crippen molar-refractivity contribution in [1.82, 2.24) is 10.3 Å². The molecule has 0 fully saturated rings. The summed E-state index contributed by atoms with van der Waals surface area (Å²) < 4.78 is 2.40. The van der Waals surface area contributed by atoms with Gasteiger partial charge in [0, 0.05) is 12.3 Å². The van der Waals surface area contributed by atoms with Crippen LogP contribution in [-0.4, -0.2) is 23.2 Å². The van der Waals surface area contributed by atoms with Crippen LogP contribution in [0.5, 0.6) is 0 Å². The molecule has 1 aliphatic carbocycles. The lowest BCUT2D eigenvalue weighted by molar-refractivity contribution is -0.125. The topological polar surface area (TPSA) is 42.0 Å². The van der Waals surface area contributed by atoms with Gasteiger partial charge < -0.3 is 5.32 Å². The summed E-state index contributed by atoms with van der Waals surface area (Å²) in [7, 11) is 0. The van der Waals surface area contributed by atoms with Crippen molar-refractivity contribution >= 4 is 39.2 Å². The number of fused-ring (bicyclic) bond motifs is 4. The third kappa shape index (κ3) is 4.27. The number of amides is 1. The molecule has 0 spiro atoms. The summed E-state index contributed by atoms with van der Waals surface area (Å²) in [4.78, 5) is 18.5. The maximum atomic E-state index is 13.7. The third-order valence-electron chi connectivity index (χ3n) is 6.68. The monoisotopic (exact) mass is 486 g/mol. The van der Waals surface area contributed by atoms with Crippen LogP contribution < -0.4 is 5.32 Å². The van der Waals surface area contributed by atoms with E-state index in [4.69, 9.17) is 4.98 Å². The van der Waals surface area contributed by atoms with Gasteiger partial charge in [-0.3, -0.25) is 4.79 Å². The molecule has 0 unspecified atom stereocenters. The number of hydrogen-bond donors (Lipinski definition) is 1. The van der Waals surface area contributed by atoms with Gasteiger partial charge in [-0.25, -0.2) is 4.98 Å². The highest BCUT2D eigenvalue weighted by Gasteiger charge is 2.48. The van der Waals surface area contributed by atoms with Crippen molar-refractivity contribution in [1.29, 1.82) is 0 Å². The van der Waals surface area contributed by atoms with E-state index in [1.807, 2.05) is 17.8 Å². The van der Waals surface area contributed by atoms with Gasteiger partial charge in [0.2, 0.25) is 5.91 Å². The van der Waals surface area contributed by atoms with Crippen molar-refractivity contribution in [2.24, 2.45) is 0 Å². The summed E-state index contributed by atoms with van der Waals surface area (Å²) in [5, 5.41) is 3.23. The SMILES string of the molecule is CCCNC(=O)C1(CCCCCSc2nc3ccccc3s2)c2ccccc2-c2ccccc21. The summed E-state index contributed by atoms with van der Waals surface area (Å²) in [6, 6.07) is 25.3. The molecule has 1 amide bonds. The molecular formula is C29H30N2OS2. The zero-order chi connectivity index (χ0) is 23.4. The van der Waals surface area contributed by atoms with Crippen molar-refractivity contribution < 1.29 is 4.79 Å². The quantitative estimate of drug-likeness (QED) is 0.187. The van der Waals surface area contributed by atoms with Crippen LogP contribution in [0, 0.1) is 0 Å². The molecule has 0 aliphatic heterocycles. The van der Waals surface area contributed by atoms with E-state index in [-0.39, 0.29) is 5.91 Å². The molecule has 5 heteroatoms. The summed E-state index contributed by atoms with van der Waals surface area (Å²) >= 11 is 3.63. The Bertz CT molecular complexity index is 1220. The molecule has 34 heavy (non-hydrogen) atoms. The number of carbonyl (C=O) groups excluding carboxylic acids is 1. The number of thiazole rings is 1. The first-order valence-corrected chi connectivity index (χ1v) is 14.0. The number of nitrogens with zero attached hydrogens (tertiary/aromatic N) is 1. The Morgan fingerprint density at radius 1 is 0.912 bits per heavy atom. The van der Waals surface area contributed by atoms with Gasteiger partial charge in [0.1, 0.15) is 5.41 Å². The molecule has 1 aliphatic rings. The fraction of sp³-hybridized carbons (Fsp3) is 0.310. The minimum atomic E-state index is -0.595. The van der Waals surface area contributed by atoms with Crippen LogP contribution in [-0.2, 0) is 10.2 Å². The van der Waals surface area contributed by atoms with Gasteiger partial charge in [-0.2, -0.15) is 0 Å². The second-order valence-corrected chi connectivity index (χ2v) is 11.2. The van der Waals surface area contributed by atoms with Crippen LogP contribution in [0.2, 0.25) is 0 Å². The van der Waals surface area contributed by atoms with Crippen molar-refractivity contribution in [3.05, 3.63) is 83.9 Å². The lowest BCUT2D eigenvalue weighted by Crippen LogP contribution is -2.44. The molecule has 1 heterocycles. The Kier molecular flexibility index (Phi) is 7.02. The number of aromatic nitrogens is 1. The fourth-order valence-electron chi connectivity index (χ4n) is 5.08. The number of hydrogen-bond acceptors (Lipinski definition) is 4. The second kappa shape index (κ2) is 10.3. The lowest BCUT2D eigenvalue weighted by atomic mass is 9.73. The van der Waals surface area contributed by atoms with Crippen molar-refractivity contribution in [2.45, 2.75) is 48.8 Å². The van der Waals surface area contributed by atoms with Crippen LogP contribution in [0.4, 0.5) is 0 Å². The molecule has 0 saturated heterocycles. The molecule has 0 atom stereocenters. The number of thioether (sulfide) groups is 1. The minimum absolute atomic E-state index is 0.149. The van der Waals surface area contributed by atoms with Gasteiger partial charge >= 0.3 is 0 Å². The van der Waals surface area contributed by atoms with Crippen molar-refractivity contribution in [3.8, 4) is 11.1 Å². The third-order valence-corrected chi connectivity index (χ3v) is 8.95. The zero-order valence-corrected chi connectivity index (χ0v) is 21.2. The largest absolute Gasteiger partial charge is 0.355 e. The lowest BCUT2D eigenvalue weighted by Gasteiger charge is -2.31. The number of para-hydroxylation sites is 1. The highest BCUT2D eigenvalue weighted by molar-refractivity contribution is 8.01. The number of benzene rings is 3. The molecule has 0 bridgehead atoms. The average molecular weight is 487 g/mol. The Morgan fingerprint density at radius 2 is 1.59 bits per heavy atom. The van der Waals surface area contributed by atoms with Gasteiger partial charge in [-0.15, -0.1) is 11.3 Å². The molecule has 0 radical (unpaired) electrons. The first-order valence-electron chi connectivity index (χ1n) is 12.2. The molecular weight excluding hydrogens is 456 g/mol. The second-order valence-electron chi connectivity index (χ2n) is 8.86. The highest BCUT2D eigenvalue weighted by atomic mass is 32.2. The molecule has 4 aromatic rings. The van der Waals surface area contributed by atoms with Crippen LogP contribution in [0.1, 0.15) is 50.2 Å². The van der Waals surface area contributed by atoms with Gasteiger partial charge in [0.05, 0.1) is 10.2 Å². The molecule has 3 nitrogen and oxygen atoms in total. The standard InChI is InChI=1S/C29H30N2OS2/c1-2-19-30-27(32)29(23-14-6-4-12-21(23)22-13-5-7-15-24(22)29)18-10-3-11-20-33-28-31-25-16-8-9-17-26(25)34-28/h4-9,12-17H,2-3,10-11,18-20H2,1H3,(H,30,32). The Hall–Kier alpha value is -2.63. The number of carbonyl (C=O) groups is 1. The van der Waals surface area contributed by atoms with Crippen molar-refractivity contribution in [2.75, 3.05) is 12.3 Å². The Labute approximate surface area is 210 Å². The van der Waals surface area contributed by atoms with E-state index in [1.54, 1.807) is 11.3 Å². The number of unbranched alkanes of at least 4 members (excludes halogenated alkanes) is 2. The van der Waals surface area contributed by atoms with Gasteiger partial charge in [-0.1, -0.05) is 92.2 Å². The van der Waals surface area contributed by atoms with E-state index < -0.39 is 5.41 Å². The van der Waals surface area contributed by atoms with Crippen LogP contribution in [0.3, 0.4) is 0 Å². The highest BCUT2D eigenvalue weighted by Crippen LogP contribution is 2.51. The minimum Gasteiger partial charge on any atom is -0.355 e. The van der Waals surface area contributed by atoms with Crippen molar-refractivity contribution in [3.63, 3.8) is 0 Å². The molecule has 1 aromatic heterocycles. The van der Waals surface area contributed by atoms with Gasteiger partial charge in [0.25, 0.3) is 0 Å². The molecule has 3 aromatic carbocycles. The zero-order valence-electron chi connectivity index (χ0n) is 19.5. The summed E-state index contributed by atoms with van der Waals surface area (Å²) in [6.07, 6.45) is 5.01. The number of rotatable bonds is 10. The van der Waals surface area contributed by atoms with E-state index in [1.165, 1.54) is 15.8 Å². The predicted molar refractivity (Wildman–Crippen MR) is 145 cm³/mol. The number of nitrogens with one attached hydrogen (secondary N) is 1. The molecule has 0 saturated carbocycles. The molecule has 174 valence electrons. The smallest absolute Gasteiger partial charge is 0.235 e. The maximum absolute atomic E-state index is 13.7. The predicted octanol–water partition coefficient (Wildman–Crippen LogP) is 7.44. The Balaban J connectivity index is 1.28. The summed E-state index contributed by atoms with van der Waals surface area (Å²) in [5.74, 6) is 1.21. The fourth-order valence-corrected chi connectivity index (χ4v) is 7.22. The first kappa shape index (κ1) is 23.1. The van der Waals surface area contributed by atoms with E-state index in [9.17, 15) is 4.79 Å². The first-order chi connectivity index (χ1) is 16.7. The van der Waals surface area contributed by atoms with E-state index >= 15 is 0 Å². The summed E-state index contributed by atoms with van der Waals surface area (Å²) in [5.41, 5.74) is 5.23. The molecule has 1 N–H and O–H groups in total. The summed E-state index contributed by atoms with van der Waals surface area (Å²) in [6.45, 7) is 2.82.